The van der Waals surface area contributed by atoms with Gasteiger partial charge in [-0.25, -0.2) is 9.40 Å². The second-order valence-corrected chi connectivity index (χ2v) is 7.79. The van der Waals surface area contributed by atoms with Crippen molar-refractivity contribution < 1.29 is 18.7 Å². The Labute approximate surface area is 191 Å². The highest BCUT2D eigenvalue weighted by Gasteiger charge is 2.34. The molecule has 0 unspecified atom stereocenters. The van der Waals surface area contributed by atoms with E-state index in [9.17, 15) is 14.0 Å². The van der Waals surface area contributed by atoms with Gasteiger partial charge in [0.1, 0.15) is 18.1 Å². The van der Waals surface area contributed by atoms with Crippen molar-refractivity contribution in [3.05, 3.63) is 101 Å². The van der Waals surface area contributed by atoms with Crippen LogP contribution in [-0.2, 0) is 4.79 Å². The fourth-order valence-electron chi connectivity index (χ4n) is 3.82. The number of amides is 2. The summed E-state index contributed by atoms with van der Waals surface area (Å²) in [5, 5.41) is 6.05. The molecular formula is C26H24FN3O3. The van der Waals surface area contributed by atoms with Gasteiger partial charge in [-0.2, -0.15) is 5.10 Å². The molecular weight excluding hydrogens is 421 g/mol. The Bertz CT molecular complexity index is 1180. The number of hydrogen-bond donors (Lipinski definition) is 0. The highest BCUT2D eigenvalue weighted by atomic mass is 19.1. The number of nitrogens with zero attached hydrogens (tertiary/aromatic N) is 3. The van der Waals surface area contributed by atoms with Gasteiger partial charge in [0.15, 0.2) is 0 Å². The van der Waals surface area contributed by atoms with E-state index in [1.807, 2.05) is 54.6 Å². The van der Waals surface area contributed by atoms with Gasteiger partial charge in [0, 0.05) is 13.5 Å². The molecule has 168 valence electrons. The van der Waals surface area contributed by atoms with Crippen molar-refractivity contribution >= 4 is 17.5 Å². The smallest absolute Gasteiger partial charge is 0.262 e. The maximum atomic E-state index is 14.0. The van der Waals surface area contributed by atoms with E-state index >= 15 is 0 Å². The van der Waals surface area contributed by atoms with Gasteiger partial charge in [-0.1, -0.05) is 42.5 Å². The predicted molar refractivity (Wildman–Crippen MR) is 124 cm³/mol. The van der Waals surface area contributed by atoms with Crippen molar-refractivity contribution in [1.29, 1.82) is 0 Å². The number of carbonyl (C=O) groups is 2. The molecule has 6 nitrogen and oxygen atoms in total. The SMILES string of the molecule is COc1ccc(C2=NN(C(=O)CN(C)C(=O)c3ccccc3F)[C@H](c3ccccc3)C2)cc1. The summed E-state index contributed by atoms with van der Waals surface area (Å²) in [6.07, 6.45) is 0.535. The van der Waals surface area contributed by atoms with Gasteiger partial charge in [-0.05, 0) is 47.5 Å². The second kappa shape index (κ2) is 9.65. The van der Waals surface area contributed by atoms with Crippen molar-refractivity contribution in [2.24, 2.45) is 5.10 Å². The summed E-state index contributed by atoms with van der Waals surface area (Å²) in [6, 6.07) is 22.6. The average molecular weight is 445 g/mol. The fraction of sp³-hybridized carbons (Fsp3) is 0.192. The largest absolute Gasteiger partial charge is 0.497 e. The van der Waals surface area contributed by atoms with Crippen LogP contribution in [-0.4, -0.2) is 48.1 Å². The van der Waals surface area contributed by atoms with Gasteiger partial charge in [-0.15, -0.1) is 0 Å². The molecule has 7 heteroatoms. The van der Waals surface area contributed by atoms with Gasteiger partial charge in [0.05, 0.1) is 24.4 Å². The number of ether oxygens (including phenoxy) is 1. The molecule has 0 N–H and O–H groups in total. The van der Waals surface area contributed by atoms with E-state index in [1.54, 1.807) is 13.2 Å². The van der Waals surface area contributed by atoms with E-state index in [0.717, 1.165) is 22.6 Å². The third kappa shape index (κ3) is 4.77. The molecule has 1 heterocycles. The van der Waals surface area contributed by atoms with E-state index in [1.165, 1.54) is 35.2 Å². The molecule has 0 bridgehead atoms. The van der Waals surface area contributed by atoms with Gasteiger partial charge in [0.2, 0.25) is 0 Å². The van der Waals surface area contributed by atoms with Crippen molar-refractivity contribution in [2.45, 2.75) is 12.5 Å². The first-order chi connectivity index (χ1) is 16.0. The van der Waals surface area contributed by atoms with E-state index in [2.05, 4.69) is 5.10 Å². The molecule has 0 saturated heterocycles. The fourth-order valence-corrected chi connectivity index (χ4v) is 3.82. The molecule has 0 aliphatic carbocycles. The summed E-state index contributed by atoms with van der Waals surface area (Å²) in [4.78, 5) is 27.1. The minimum absolute atomic E-state index is 0.0729. The minimum atomic E-state index is -0.620. The van der Waals surface area contributed by atoms with Gasteiger partial charge < -0.3 is 9.64 Å². The summed E-state index contributed by atoms with van der Waals surface area (Å²) in [5.41, 5.74) is 2.53. The number of hydrazone groups is 1. The Morgan fingerprint density at radius 2 is 1.70 bits per heavy atom. The molecule has 2 amide bonds. The van der Waals surface area contributed by atoms with Crippen LogP contribution in [0.1, 0.15) is 33.9 Å². The van der Waals surface area contributed by atoms with Crippen LogP contribution in [0, 0.1) is 5.82 Å². The maximum Gasteiger partial charge on any atom is 0.262 e. The third-order valence-electron chi connectivity index (χ3n) is 5.60. The lowest BCUT2D eigenvalue weighted by molar-refractivity contribution is -0.133. The lowest BCUT2D eigenvalue weighted by Gasteiger charge is -2.25. The molecule has 0 spiro atoms. The summed E-state index contributed by atoms with van der Waals surface area (Å²) in [5.74, 6) is -0.793. The quantitative estimate of drug-likeness (QED) is 0.569. The van der Waals surface area contributed by atoms with Crippen LogP contribution in [0.5, 0.6) is 5.75 Å². The number of halogens is 1. The Morgan fingerprint density at radius 3 is 2.36 bits per heavy atom. The van der Waals surface area contributed by atoms with Gasteiger partial charge in [0.25, 0.3) is 11.8 Å². The molecule has 33 heavy (non-hydrogen) atoms. The van der Waals surface area contributed by atoms with E-state index in [-0.39, 0.29) is 24.1 Å². The lowest BCUT2D eigenvalue weighted by Crippen LogP contribution is -2.39. The van der Waals surface area contributed by atoms with Crippen LogP contribution in [0.25, 0.3) is 0 Å². The Balaban J connectivity index is 1.58. The zero-order chi connectivity index (χ0) is 23.4. The molecule has 3 aromatic rings. The third-order valence-corrected chi connectivity index (χ3v) is 5.60. The van der Waals surface area contributed by atoms with Gasteiger partial charge >= 0.3 is 0 Å². The number of likely N-dealkylation sites (N-methyl/N-ethyl adjacent to an activating group) is 1. The second-order valence-electron chi connectivity index (χ2n) is 7.79. The number of benzene rings is 3. The summed E-state index contributed by atoms with van der Waals surface area (Å²) in [7, 11) is 3.08. The van der Waals surface area contributed by atoms with Crippen molar-refractivity contribution in [3.63, 3.8) is 0 Å². The first-order valence-corrected chi connectivity index (χ1v) is 10.6. The Kier molecular flexibility index (Phi) is 6.49. The first-order valence-electron chi connectivity index (χ1n) is 10.6. The molecule has 0 radical (unpaired) electrons. The van der Waals surface area contributed by atoms with Crippen LogP contribution in [0.4, 0.5) is 4.39 Å². The molecule has 4 rings (SSSR count). The molecule has 1 aliphatic heterocycles. The summed E-state index contributed by atoms with van der Waals surface area (Å²) < 4.78 is 19.3. The van der Waals surface area contributed by atoms with Gasteiger partial charge in [-0.3, -0.25) is 9.59 Å². The number of rotatable bonds is 6. The van der Waals surface area contributed by atoms with Crippen molar-refractivity contribution in [1.82, 2.24) is 9.91 Å². The standard InChI is InChI=1S/C26H24FN3O3/c1-29(26(32)21-10-6-7-11-22(21)27)17-25(31)30-24(19-8-4-3-5-9-19)16-23(28-30)18-12-14-20(33-2)15-13-18/h3-15,24H,16-17H2,1-2H3/t24-/m0/s1. The molecule has 0 fully saturated rings. The number of methoxy groups -OCH3 is 1. The Hall–Kier alpha value is -4.00. The molecule has 0 aromatic heterocycles. The van der Waals surface area contributed by atoms with Crippen molar-refractivity contribution in [2.75, 3.05) is 20.7 Å². The van der Waals surface area contributed by atoms with E-state index < -0.39 is 11.7 Å². The van der Waals surface area contributed by atoms with E-state index in [4.69, 9.17) is 4.74 Å². The molecule has 1 atom stereocenters. The predicted octanol–water partition coefficient (Wildman–Crippen LogP) is 4.28. The topological polar surface area (TPSA) is 62.2 Å². The van der Waals surface area contributed by atoms with Crippen molar-refractivity contribution in [3.8, 4) is 5.75 Å². The highest BCUT2D eigenvalue weighted by molar-refractivity contribution is 6.03. The summed E-state index contributed by atoms with van der Waals surface area (Å²) in [6.45, 7) is -0.226. The lowest BCUT2D eigenvalue weighted by atomic mass is 9.98. The molecule has 3 aromatic carbocycles. The molecule has 0 saturated carbocycles. The normalized spacial score (nSPS) is 15.2. The summed E-state index contributed by atoms with van der Waals surface area (Å²) >= 11 is 0. The van der Waals surface area contributed by atoms with Crippen LogP contribution in [0.2, 0.25) is 0 Å². The zero-order valence-electron chi connectivity index (χ0n) is 18.4. The van der Waals surface area contributed by atoms with Crippen LogP contribution >= 0.6 is 0 Å². The first kappa shape index (κ1) is 22.2. The monoisotopic (exact) mass is 445 g/mol. The highest BCUT2D eigenvalue weighted by Crippen LogP contribution is 2.33. The number of hydrogen-bond acceptors (Lipinski definition) is 4. The zero-order valence-corrected chi connectivity index (χ0v) is 18.4. The Morgan fingerprint density at radius 1 is 1.03 bits per heavy atom. The van der Waals surface area contributed by atoms with Crippen LogP contribution in [0.3, 0.4) is 0 Å². The average Bonchev–Trinajstić information content (AvgIpc) is 3.30. The van der Waals surface area contributed by atoms with Crippen LogP contribution in [0.15, 0.2) is 84.0 Å². The van der Waals surface area contributed by atoms with E-state index in [0.29, 0.717) is 6.42 Å². The van der Waals surface area contributed by atoms with Crippen LogP contribution < -0.4 is 4.74 Å². The maximum absolute atomic E-state index is 14.0. The number of carbonyl (C=O) groups excluding carboxylic acids is 2. The molecule has 1 aliphatic rings. The minimum Gasteiger partial charge on any atom is -0.497 e.